The zero-order valence-corrected chi connectivity index (χ0v) is 10.9. The lowest BCUT2D eigenvalue weighted by molar-refractivity contribution is -0.120. The van der Waals surface area contributed by atoms with E-state index in [-0.39, 0.29) is 12.5 Å². The van der Waals surface area contributed by atoms with Gasteiger partial charge in [-0.3, -0.25) is 4.79 Å². The van der Waals surface area contributed by atoms with Crippen molar-refractivity contribution in [3.05, 3.63) is 30.2 Å². The summed E-state index contributed by atoms with van der Waals surface area (Å²) < 4.78 is 4.98. The van der Waals surface area contributed by atoms with Gasteiger partial charge in [-0.05, 0) is 24.3 Å². The molecule has 1 aromatic heterocycles. The largest absolute Gasteiger partial charge is 0.360 e. The molecule has 1 aromatic carbocycles. The summed E-state index contributed by atoms with van der Waals surface area (Å²) in [5.41, 5.74) is 7.30. The molecule has 7 nitrogen and oxygen atoms in total. The summed E-state index contributed by atoms with van der Waals surface area (Å²) >= 11 is 0. The molecular formula is C13H15N5O2. The van der Waals surface area contributed by atoms with Gasteiger partial charge < -0.3 is 20.5 Å². The van der Waals surface area contributed by atoms with E-state index in [1.807, 2.05) is 29.2 Å². The summed E-state index contributed by atoms with van der Waals surface area (Å²) in [6, 6.07) is 7.72. The van der Waals surface area contributed by atoms with Crippen LogP contribution in [0.5, 0.6) is 0 Å². The van der Waals surface area contributed by atoms with Gasteiger partial charge in [0.25, 0.3) is 0 Å². The van der Waals surface area contributed by atoms with Gasteiger partial charge in [-0.2, -0.15) is 4.98 Å². The van der Waals surface area contributed by atoms with E-state index in [0.717, 1.165) is 17.8 Å². The number of anilines is 1. The van der Waals surface area contributed by atoms with Crippen molar-refractivity contribution in [2.75, 3.05) is 24.5 Å². The Morgan fingerprint density at radius 2 is 2.15 bits per heavy atom. The molecule has 104 valence electrons. The molecule has 1 aliphatic rings. The minimum absolute atomic E-state index is 0.0473. The number of benzene rings is 1. The topological polar surface area (TPSA) is 97.3 Å². The fourth-order valence-corrected chi connectivity index (χ4v) is 2.14. The van der Waals surface area contributed by atoms with Crippen LogP contribution in [0.3, 0.4) is 0 Å². The van der Waals surface area contributed by atoms with Gasteiger partial charge in [-0.25, -0.2) is 0 Å². The molecule has 20 heavy (non-hydrogen) atoms. The monoisotopic (exact) mass is 273 g/mol. The summed E-state index contributed by atoms with van der Waals surface area (Å²) in [7, 11) is 0. The second-order valence-electron chi connectivity index (χ2n) is 4.53. The highest BCUT2D eigenvalue weighted by molar-refractivity contribution is 5.82. The van der Waals surface area contributed by atoms with Crippen LogP contribution in [0.2, 0.25) is 0 Å². The van der Waals surface area contributed by atoms with Crippen molar-refractivity contribution < 1.29 is 9.32 Å². The number of amides is 1. The Kier molecular flexibility index (Phi) is 3.34. The molecule has 1 aliphatic heterocycles. The van der Waals surface area contributed by atoms with Crippen molar-refractivity contribution >= 4 is 11.6 Å². The Morgan fingerprint density at radius 1 is 1.35 bits per heavy atom. The highest BCUT2D eigenvalue weighted by Gasteiger charge is 2.16. The number of nitrogens with one attached hydrogen (secondary N) is 1. The maximum absolute atomic E-state index is 11.4. The second kappa shape index (κ2) is 5.30. The molecule has 0 spiro atoms. The number of nitrogens with two attached hydrogens (primary N) is 1. The second-order valence-corrected chi connectivity index (χ2v) is 4.53. The first-order valence-electron chi connectivity index (χ1n) is 6.41. The van der Waals surface area contributed by atoms with Crippen molar-refractivity contribution in [1.82, 2.24) is 15.5 Å². The average molecular weight is 273 g/mol. The van der Waals surface area contributed by atoms with Crippen molar-refractivity contribution in [2.45, 2.75) is 6.54 Å². The van der Waals surface area contributed by atoms with E-state index in [1.54, 1.807) is 0 Å². The van der Waals surface area contributed by atoms with Gasteiger partial charge in [0.15, 0.2) is 0 Å². The molecule has 0 bridgehead atoms. The van der Waals surface area contributed by atoms with Gasteiger partial charge >= 0.3 is 0 Å². The fraction of sp³-hybridized carbons (Fsp3) is 0.308. The number of rotatable bonds is 3. The summed E-state index contributed by atoms with van der Waals surface area (Å²) in [6.07, 6.45) is 0. The number of carbonyl (C=O) groups is 1. The SMILES string of the molecule is NCc1nc(-c2ccc(N3CCNC(=O)C3)cc2)no1. The number of hydrogen-bond donors (Lipinski definition) is 2. The first-order valence-corrected chi connectivity index (χ1v) is 6.41. The van der Waals surface area contributed by atoms with E-state index < -0.39 is 0 Å². The van der Waals surface area contributed by atoms with Crippen LogP contribution < -0.4 is 16.0 Å². The van der Waals surface area contributed by atoms with Crippen LogP contribution >= 0.6 is 0 Å². The number of nitrogens with zero attached hydrogens (tertiary/aromatic N) is 3. The van der Waals surface area contributed by atoms with Crippen LogP contribution in [0.25, 0.3) is 11.4 Å². The summed E-state index contributed by atoms with van der Waals surface area (Å²) in [5, 5.41) is 6.67. The quantitative estimate of drug-likeness (QED) is 0.825. The molecule has 1 fully saturated rings. The summed E-state index contributed by atoms with van der Waals surface area (Å²) in [6.45, 7) is 2.10. The Morgan fingerprint density at radius 3 is 2.80 bits per heavy atom. The van der Waals surface area contributed by atoms with E-state index in [9.17, 15) is 4.79 Å². The molecule has 1 amide bonds. The third kappa shape index (κ3) is 2.48. The number of aromatic nitrogens is 2. The number of piperazine rings is 1. The molecule has 3 N–H and O–H groups in total. The lowest BCUT2D eigenvalue weighted by Gasteiger charge is -2.28. The predicted molar refractivity (Wildman–Crippen MR) is 72.8 cm³/mol. The van der Waals surface area contributed by atoms with Crippen LogP contribution in [0.4, 0.5) is 5.69 Å². The minimum Gasteiger partial charge on any atom is -0.360 e. The predicted octanol–water partition coefficient (Wildman–Crippen LogP) is 0.131. The lowest BCUT2D eigenvalue weighted by atomic mass is 10.1. The smallest absolute Gasteiger partial charge is 0.240 e. The number of carbonyl (C=O) groups excluding carboxylic acids is 1. The van der Waals surface area contributed by atoms with E-state index in [2.05, 4.69) is 15.5 Å². The molecule has 0 radical (unpaired) electrons. The molecule has 2 heterocycles. The summed E-state index contributed by atoms with van der Waals surface area (Å²) in [5.74, 6) is 0.983. The van der Waals surface area contributed by atoms with E-state index in [0.29, 0.717) is 24.8 Å². The normalized spacial score (nSPS) is 15.2. The molecule has 0 atom stereocenters. The zero-order chi connectivity index (χ0) is 13.9. The molecule has 0 unspecified atom stereocenters. The molecule has 3 rings (SSSR count). The maximum atomic E-state index is 11.4. The first-order chi connectivity index (χ1) is 9.76. The van der Waals surface area contributed by atoms with Crippen LogP contribution in [0.15, 0.2) is 28.8 Å². The molecule has 1 saturated heterocycles. The fourth-order valence-electron chi connectivity index (χ4n) is 2.14. The minimum atomic E-state index is 0.0473. The van der Waals surface area contributed by atoms with Crippen molar-refractivity contribution in [1.29, 1.82) is 0 Å². The van der Waals surface area contributed by atoms with E-state index >= 15 is 0 Å². The van der Waals surface area contributed by atoms with Crippen LogP contribution in [0.1, 0.15) is 5.89 Å². The Labute approximate surface area is 115 Å². The first kappa shape index (κ1) is 12.6. The van der Waals surface area contributed by atoms with Gasteiger partial charge in [-0.1, -0.05) is 5.16 Å². The van der Waals surface area contributed by atoms with Crippen LogP contribution in [0, 0.1) is 0 Å². The molecule has 2 aromatic rings. The van der Waals surface area contributed by atoms with Crippen molar-refractivity contribution in [3.63, 3.8) is 0 Å². The van der Waals surface area contributed by atoms with Gasteiger partial charge in [-0.15, -0.1) is 0 Å². The molecular weight excluding hydrogens is 258 g/mol. The van der Waals surface area contributed by atoms with Gasteiger partial charge in [0.05, 0.1) is 13.1 Å². The molecule has 0 saturated carbocycles. The van der Waals surface area contributed by atoms with Gasteiger partial charge in [0.1, 0.15) is 0 Å². The lowest BCUT2D eigenvalue weighted by Crippen LogP contribution is -2.47. The van der Waals surface area contributed by atoms with Crippen LogP contribution in [-0.2, 0) is 11.3 Å². The summed E-state index contributed by atoms with van der Waals surface area (Å²) in [4.78, 5) is 17.6. The highest BCUT2D eigenvalue weighted by atomic mass is 16.5. The van der Waals surface area contributed by atoms with Gasteiger partial charge in [0.2, 0.25) is 17.6 Å². The number of hydrogen-bond acceptors (Lipinski definition) is 6. The Bertz CT molecular complexity index is 607. The van der Waals surface area contributed by atoms with Gasteiger partial charge in [0, 0.05) is 24.3 Å². The average Bonchev–Trinajstić information content (AvgIpc) is 2.96. The van der Waals surface area contributed by atoms with E-state index in [1.165, 1.54) is 0 Å². The Hall–Kier alpha value is -2.41. The molecule has 7 heteroatoms. The standard InChI is InChI=1S/C13H15N5O2/c14-7-12-16-13(17-20-12)9-1-3-10(4-2-9)18-6-5-15-11(19)8-18/h1-4H,5-8,14H2,(H,15,19). The van der Waals surface area contributed by atoms with Crippen LogP contribution in [-0.4, -0.2) is 35.7 Å². The zero-order valence-electron chi connectivity index (χ0n) is 10.9. The van der Waals surface area contributed by atoms with Crippen molar-refractivity contribution in [2.24, 2.45) is 5.73 Å². The van der Waals surface area contributed by atoms with E-state index in [4.69, 9.17) is 10.3 Å². The maximum Gasteiger partial charge on any atom is 0.240 e. The molecule has 0 aliphatic carbocycles. The third-order valence-corrected chi connectivity index (χ3v) is 3.17. The Balaban J connectivity index is 1.78. The highest BCUT2D eigenvalue weighted by Crippen LogP contribution is 2.21. The van der Waals surface area contributed by atoms with Crippen molar-refractivity contribution in [3.8, 4) is 11.4 Å². The third-order valence-electron chi connectivity index (χ3n) is 3.17.